The summed E-state index contributed by atoms with van der Waals surface area (Å²) in [6.45, 7) is 2.77. The fraction of sp³-hybridized carbons (Fsp3) is 0.692. The third-order valence-electron chi connectivity index (χ3n) is 3.88. The third kappa shape index (κ3) is 3.67. The minimum atomic E-state index is -3.59. The molecule has 0 spiro atoms. The molecule has 0 aliphatic carbocycles. The summed E-state index contributed by atoms with van der Waals surface area (Å²) < 4.78 is 49.6. The van der Waals surface area contributed by atoms with Crippen LogP contribution in [0.15, 0.2) is 21.7 Å². The van der Waals surface area contributed by atoms with Gasteiger partial charge >= 0.3 is 0 Å². The Labute approximate surface area is 130 Å². The van der Waals surface area contributed by atoms with Crippen LogP contribution in [0, 0.1) is 0 Å². The number of hydrogen-bond acceptors (Lipinski definition) is 6. The van der Waals surface area contributed by atoms with Gasteiger partial charge in [-0.2, -0.15) is 0 Å². The Morgan fingerprint density at radius 3 is 2.67 bits per heavy atom. The van der Waals surface area contributed by atoms with Gasteiger partial charge in [0.1, 0.15) is 4.21 Å². The topological polar surface area (TPSA) is 71.5 Å². The smallest absolute Gasteiger partial charge is 0.193 e. The summed E-state index contributed by atoms with van der Waals surface area (Å²) >= 11 is 1.15. The number of thiophene rings is 1. The van der Waals surface area contributed by atoms with Crippen LogP contribution in [0.4, 0.5) is 0 Å². The van der Waals surface area contributed by atoms with E-state index < -0.39 is 31.0 Å². The van der Waals surface area contributed by atoms with Crippen LogP contribution in [-0.2, 0) is 19.7 Å². The van der Waals surface area contributed by atoms with Crippen LogP contribution >= 0.6 is 11.3 Å². The summed E-state index contributed by atoms with van der Waals surface area (Å²) in [4.78, 5) is 1.89. The molecule has 0 saturated carbocycles. The zero-order valence-corrected chi connectivity index (χ0v) is 14.7. The average Bonchev–Trinajstić information content (AvgIpc) is 3.03. The highest BCUT2D eigenvalue weighted by atomic mass is 32.2. The molecular weight excluding hydrogens is 330 g/mol. The molecule has 0 amide bonds. The van der Waals surface area contributed by atoms with Gasteiger partial charge in [-0.3, -0.25) is 0 Å². The predicted octanol–water partition coefficient (Wildman–Crippen LogP) is 1.42. The minimum Gasteiger partial charge on any atom is -0.301 e. The first-order chi connectivity index (χ1) is 9.78. The van der Waals surface area contributed by atoms with E-state index in [1.807, 2.05) is 11.9 Å². The van der Waals surface area contributed by atoms with Crippen molar-refractivity contribution in [3.8, 4) is 0 Å². The summed E-state index contributed by atoms with van der Waals surface area (Å²) in [6.07, 6.45) is 1.92. The van der Waals surface area contributed by atoms with Gasteiger partial charge in [0.2, 0.25) is 0 Å². The van der Waals surface area contributed by atoms with E-state index in [9.17, 15) is 16.8 Å². The van der Waals surface area contributed by atoms with Crippen LogP contribution in [0.1, 0.15) is 19.8 Å². The Bertz CT molecular complexity index is 664. The predicted molar refractivity (Wildman–Crippen MR) is 85.3 cm³/mol. The first-order valence-electron chi connectivity index (χ1n) is 6.96. The third-order valence-corrected chi connectivity index (χ3v) is 9.43. The quantitative estimate of drug-likeness (QED) is 0.775. The van der Waals surface area contributed by atoms with E-state index in [1.54, 1.807) is 17.5 Å². The normalized spacial score (nSPS) is 25.5. The van der Waals surface area contributed by atoms with Gasteiger partial charge in [0, 0.05) is 6.04 Å². The molecule has 2 heterocycles. The van der Waals surface area contributed by atoms with E-state index in [0.29, 0.717) is 6.54 Å². The maximum atomic E-state index is 12.7. The Kier molecular flexibility index (Phi) is 5.12. The average molecular weight is 352 g/mol. The number of rotatable bonds is 6. The Morgan fingerprint density at radius 1 is 1.38 bits per heavy atom. The molecular formula is C13H21NO4S3. The molecule has 1 fully saturated rings. The van der Waals surface area contributed by atoms with Crippen LogP contribution in [-0.4, -0.2) is 58.1 Å². The SMILES string of the molecule is CCCCN(C)[C@H]1CS(=O)(=O)C[C@@H]1S(=O)(=O)c1cccs1. The molecule has 1 aromatic heterocycles. The summed E-state index contributed by atoms with van der Waals surface area (Å²) in [6, 6.07) is 2.78. The Hall–Kier alpha value is -0.440. The van der Waals surface area contributed by atoms with Crippen molar-refractivity contribution in [2.24, 2.45) is 0 Å². The molecule has 0 unspecified atom stereocenters. The molecule has 2 rings (SSSR count). The van der Waals surface area contributed by atoms with Crippen molar-refractivity contribution in [2.75, 3.05) is 25.1 Å². The van der Waals surface area contributed by atoms with Crippen molar-refractivity contribution in [3.63, 3.8) is 0 Å². The fourth-order valence-corrected chi connectivity index (χ4v) is 8.79. The second-order valence-electron chi connectivity index (χ2n) is 5.49. The first-order valence-corrected chi connectivity index (χ1v) is 11.2. The van der Waals surface area contributed by atoms with Crippen molar-refractivity contribution < 1.29 is 16.8 Å². The molecule has 1 aliphatic heterocycles. The van der Waals surface area contributed by atoms with Crippen LogP contribution < -0.4 is 0 Å². The van der Waals surface area contributed by atoms with Gasteiger partial charge in [-0.25, -0.2) is 16.8 Å². The number of sulfone groups is 2. The highest BCUT2D eigenvalue weighted by molar-refractivity contribution is 7.97. The van der Waals surface area contributed by atoms with Crippen LogP contribution in [0.3, 0.4) is 0 Å². The molecule has 5 nitrogen and oxygen atoms in total. The fourth-order valence-electron chi connectivity index (χ4n) is 2.65. The molecule has 8 heteroatoms. The number of unbranched alkanes of at least 4 members (excludes halogenated alkanes) is 1. The van der Waals surface area contributed by atoms with Gasteiger partial charge < -0.3 is 4.90 Å². The van der Waals surface area contributed by atoms with Gasteiger partial charge in [-0.15, -0.1) is 11.3 Å². The highest BCUT2D eigenvalue weighted by Crippen LogP contribution is 2.30. The van der Waals surface area contributed by atoms with E-state index >= 15 is 0 Å². The van der Waals surface area contributed by atoms with E-state index in [4.69, 9.17) is 0 Å². The molecule has 1 aromatic rings. The van der Waals surface area contributed by atoms with Gasteiger partial charge in [0.25, 0.3) is 0 Å². The lowest BCUT2D eigenvalue weighted by atomic mass is 10.2. The maximum absolute atomic E-state index is 12.7. The number of hydrogen-bond donors (Lipinski definition) is 0. The van der Waals surface area contributed by atoms with E-state index in [2.05, 4.69) is 6.92 Å². The largest absolute Gasteiger partial charge is 0.301 e. The van der Waals surface area contributed by atoms with Crippen molar-refractivity contribution >= 4 is 31.0 Å². The van der Waals surface area contributed by atoms with Crippen molar-refractivity contribution in [1.29, 1.82) is 0 Å². The van der Waals surface area contributed by atoms with Crippen LogP contribution in [0.25, 0.3) is 0 Å². The van der Waals surface area contributed by atoms with E-state index in [-0.39, 0.29) is 15.7 Å². The van der Waals surface area contributed by atoms with E-state index in [1.165, 1.54) is 0 Å². The molecule has 0 N–H and O–H groups in total. The standard InChI is InChI=1S/C13H21NO4S3/c1-3-4-7-14(2)11-9-20(15,16)10-12(11)21(17,18)13-6-5-8-19-13/h5-6,8,11-12H,3-4,7,9-10H2,1-2H3/t11-,12-/m0/s1. The maximum Gasteiger partial charge on any atom is 0.193 e. The monoisotopic (exact) mass is 351 g/mol. The summed E-state index contributed by atoms with van der Waals surface area (Å²) in [7, 11) is -5.08. The molecule has 0 aromatic carbocycles. The van der Waals surface area contributed by atoms with Crippen LogP contribution in [0.5, 0.6) is 0 Å². The summed E-state index contributed by atoms with van der Waals surface area (Å²) in [5, 5.41) is 0.842. The Morgan fingerprint density at radius 2 is 2.10 bits per heavy atom. The molecule has 1 saturated heterocycles. The lowest BCUT2D eigenvalue weighted by molar-refractivity contribution is 0.259. The van der Waals surface area contributed by atoms with Gasteiger partial charge in [-0.05, 0) is 31.5 Å². The minimum absolute atomic E-state index is 0.0670. The zero-order valence-electron chi connectivity index (χ0n) is 12.2. The molecule has 2 atom stereocenters. The molecule has 0 bridgehead atoms. The van der Waals surface area contributed by atoms with Crippen molar-refractivity contribution in [3.05, 3.63) is 17.5 Å². The second kappa shape index (κ2) is 6.36. The van der Waals surface area contributed by atoms with Crippen LogP contribution in [0.2, 0.25) is 0 Å². The molecule has 1 aliphatic rings. The van der Waals surface area contributed by atoms with Gasteiger partial charge in [-0.1, -0.05) is 19.4 Å². The molecule has 0 radical (unpaired) electrons. The highest BCUT2D eigenvalue weighted by Gasteiger charge is 2.47. The second-order valence-corrected chi connectivity index (χ2v) is 11.0. The van der Waals surface area contributed by atoms with Gasteiger partial charge in [0.05, 0.1) is 16.8 Å². The van der Waals surface area contributed by atoms with E-state index in [0.717, 1.165) is 24.2 Å². The summed E-state index contributed by atoms with van der Waals surface area (Å²) in [5.41, 5.74) is 0. The van der Waals surface area contributed by atoms with Crippen molar-refractivity contribution in [1.82, 2.24) is 4.90 Å². The number of nitrogens with zero attached hydrogens (tertiary/aromatic N) is 1. The lowest BCUT2D eigenvalue weighted by Crippen LogP contribution is -2.44. The van der Waals surface area contributed by atoms with Gasteiger partial charge in [0.15, 0.2) is 19.7 Å². The molecule has 21 heavy (non-hydrogen) atoms. The zero-order chi connectivity index (χ0) is 15.7. The lowest BCUT2D eigenvalue weighted by Gasteiger charge is -2.27. The van der Waals surface area contributed by atoms with Crippen molar-refractivity contribution in [2.45, 2.75) is 35.3 Å². The summed E-state index contributed by atoms with van der Waals surface area (Å²) in [5.74, 6) is -0.336. The Balaban J connectivity index is 2.31. The molecule has 120 valence electrons. The first kappa shape index (κ1) is 16.9.